The van der Waals surface area contributed by atoms with E-state index in [0.717, 1.165) is 29.9 Å². The van der Waals surface area contributed by atoms with E-state index in [1.165, 1.54) is 0 Å². The first-order chi connectivity index (χ1) is 9.04. The normalized spacial score (nSPS) is 18.5. The number of hydrogen-bond donors (Lipinski definition) is 1. The summed E-state index contributed by atoms with van der Waals surface area (Å²) >= 11 is 0. The SMILES string of the molecule is CCCc1cc(CN)cc(N2CCS(=O)(=O)CC2)n1. The fourth-order valence-electron chi connectivity index (χ4n) is 2.24. The minimum atomic E-state index is -2.85. The van der Waals surface area contributed by atoms with Crippen molar-refractivity contribution < 1.29 is 8.42 Å². The highest BCUT2D eigenvalue weighted by Gasteiger charge is 2.22. The Labute approximate surface area is 114 Å². The molecular formula is C13H21N3O2S. The topological polar surface area (TPSA) is 76.3 Å². The summed E-state index contributed by atoms with van der Waals surface area (Å²) in [5.41, 5.74) is 7.81. The highest BCUT2D eigenvalue weighted by atomic mass is 32.2. The van der Waals surface area contributed by atoms with Gasteiger partial charge in [-0.25, -0.2) is 13.4 Å². The number of aryl methyl sites for hydroxylation is 1. The molecule has 2 rings (SSSR count). The average molecular weight is 283 g/mol. The van der Waals surface area contributed by atoms with Gasteiger partial charge in [0.1, 0.15) is 5.82 Å². The molecule has 0 aliphatic carbocycles. The van der Waals surface area contributed by atoms with Crippen molar-refractivity contribution in [2.45, 2.75) is 26.3 Å². The second kappa shape index (κ2) is 5.88. The summed E-state index contributed by atoms with van der Waals surface area (Å²) in [5, 5.41) is 0. The van der Waals surface area contributed by atoms with Crippen LogP contribution in [0.4, 0.5) is 5.82 Å². The first-order valence-corrected chi connectivity index (χ1v) is 8.51. The second-order valence-corrected chi connectivity index (χ2v) is 7.22. The second-order valence-electron chi connectivity index (χ2n) is 4.92. The molecule has 1 aliphatic heterocycles. The minimum absolute atomic E-state index is 0.213. The van der Waals surface area contributed by atoms with Crippen LogP contribution >= 0.6 is 0 Å². The van der Waals surface area contributed by atoms with E-state index < -0.39 is 9.84 Å². The molecule has 0 radical (unpaired) electrons. The van der Waals surface area contributed by atoms with Gasteiger partial charge >= 0.3 is 0 Å². The highest BCUT2D eigenvalue weighted by molar-refractivity contribution is 7.91. The van der Waals surface area contributed by atoms with Gasteiger partial charge in [0, 0.05) is 25.3 Å². The zero-order chi connectivity index (χ0) is 13.9. The molecular weight excluding hydrogens is 262 g/mol. The average Bonchev–Trinajstić information content (AvgIpc) is 2.38. The third-order valence-electron chi connectivity index (χ3n) is 3.33. The van der Waals surface area contributed by atoms with Gasteiger partial charge in [-0.05, 0) is 24.1 Å². The van der Waals surface area contributed by atoms with E-state index in [0.29, 0.717) is 19.6 Å². The number of pyridine rings is 1. The fraction of sp³-hybridized carbons (Fsp3) is 0.615. The molecule has 1 aromatic rings. The molecule has 19 heavy (non-hydrogen) atoms. The van der Waals surface area contributed by atoms with Crippen LogP contribution in [0, 0.1) is 0 Å². The Morgan fingerprint density at radius 3 is 2.58 bits per heavy atom. The number of nitrogens with two attached hydrogens (primary N) is 1. The van der Waals surface area contributed by atoms with E-state index in [9.17, 15) is 8.42 Å². The van der Waals surface area contributed by atoms with Gasteiger partial charge in [-0.3, -0.25) is 0 Å². The van der Waals surface area contributed by atoms with E-state index in [4.69, 9.17) is 5.73 Å². The van der Waals surface area contributed by atoms with Crippen LogP contribution in [0.2, 0.25) is 0 Å². The highest BCUT2D eigenvalue weighted by Crippen LogP contribution is 2.18. The molecule has 0 saturated carbocycles. The maximum atomic E-state index is 11.5. The van der Waals surface area contributed by atoms with Gasteiger partial charge in [0.05, 0.1) is 11.5 Å². The van der Waals surface area contributed by atoms with Crippen LogP contribution in [0.15, 0.2) is 12.1 Å². The van der Waals surface area contributed by atoms with Crippen molar-refractivity contribution in [3.63, 3.8) is 0 Å². The van der Waals surface area contributed by atoms with Gasteiger partial charge in [0.25, 0.3) is 0 Å². The summed E-state index contributed by atoms with van der Waals surface area (Å²) in [7, 11) is -2.85. The van der Waals surface area contributed by atoms with Crippen molar-refractivity contribution in [1.29, 1.82) is 0 Å². The van der Waals surface area contributed by atoms with E-state index in [1.807, 2.05) is 17.0 Å². The first kappa shape index (κ1) is 14.3. The summed E-state index contributed by atoms with van der Waals surface area (Å²) < 4.78 is 22.9. The molecule has 0 aromatic carbocycles. The van der Waals surface area contributed by atoms with Crippen LogP contribution in [0.1, 0.15) is 24.6 Å². The Balaban J connectivity index is 2.21. The molecule has 106 valence electrons. The van der Waals surface area contributed by atoms with Gasteiger partial charge in [-0.15, -0.1) is 0 Å². The van der Waals surface area contributed by atoms with Crippen LogP contribution in [0.3, 0.4) is 0 Å². The summed E-state index contributed by atoms with van der Waals surface area (Å²) in [6.07, 6.45) is 1.96. The number of sulfone groups is 1. The molecule has 1 aromatic heterocycles. The Morgan fingerprint density at radius 2 is 2.00 bits per heavy atom. The Hall–Kier alpha value is -1.14. The third kappa shape index (κ3) is 3.67. The van der Waals surface area contributed by atoms with Crippen molar-refractivity contribution in [1.82, 2.24) is 4.98 Å². The number of rotatable bonds is 4. The zero-order valence-electron chi connectivity index (χ0n) is 11.3. The molecule has 1 aliphatic rings. The molecule has 0 spiro atoms. The molecule has 6 heteroatoms. The molecule has 2 N–H and O–H groups in total. The van der Waals surface area contributed by atoms with Gasteiger partial charge in [0.15, 0.2) is 9.84 Å². The molecule has 1 fully saturated rings. The van der Waals surface area contributed by atoms with Gasteiger partial charge < -0.3 is 10.6 Å². The summed E-state index contributed by atoms with van der Waals surface area (Å²) in [6.45, 7) is 3.65. The van der Waals surface area contributed by atoms with E-state index in [-0.39, 0.29) is 11.5 Å². The lowest BCUT2D eigenvalue weighted by Gasteiger charge is -2.28. The minimum Gasteiger partial charge on any atom is -0.355 e. The predicted octanol–water partition coefficient (Wildman–Crippen LogP) is 0.728. The zero-order valence-corrected chi connectivity index (χ0v) is 12.1. The van der Waals surface area contributed by atoms with Crippen LogP contribution in [0.5, 0.6) is 0 Å². The van der Waals surface area contributed by atoms with Gasteiger partial charge in [0.2, 0.25) is 0 Å². The van der Waals surface area contributed by atoms with Gasteiger partial charge in [-0.1, -0.05) is 13.3 Å². The fourth-order valence-corrected chi connectivity index (χ4v) is 3.44. The maximum absolute atomic E-state index is 11.5. The van der Waals surface area contributed by atoms with Crippen LogP contribution in [-0.2, 0) is 22.8 Å². The van der Waals surface area contributed by atoms with Crippen molar-refractivity contribution in [3.05, 3.63) is 23.4 Å². The van der Waals surface area contributed by atoms with Crippen molar-refractivity contribution in [3.8, 4) is 0 Å². The Bertz CT molecular complexity index is 529. The predicted molar refractivity (Wildman–Crippen MR) is 77.0 cm³/mol. The van der Waals surface area contributed by atoms with E-state index in [2.05, 4.69) is 11.9 Å². The van der Waals surface area contributed by atoms with Crippen molar-refractivity contribution in [2.24, 2.45) is 5.73 Å². The summed E-state index contributed by atoms with van der Waals surface area (Å²) in [6, 6.07) is 4.00. The smallest absolute Gasteiger partial charge is 0.153 e. The molecule has 2 heterocycles. The van der Waals surface area contributed by atoms with Crippen molar-refractivity contribution >= 4 is 15.7 Å². The van der Waals surface area contributed by atoms with Gasteiger partial charge in [-0.2, -0.15) is 0 Å². The lowest BCUT2D eigenvalue weighted by atomic mass is 10.1. The van der Waals surface area contributed by atoms with Crippen LogP contribution in [-0.4, -0.2) is 38.0 Å². The third-order valence-corrected chi connectivity index (χ3v) is 4.94. The first-order valence-electron chi connectivity index (χ1n) is 6.69. The maximum Gasteiger partial charge on any atom is 0.153 e. The number of anilines is 1. The molecule has 0 amide bonds. The Morgan fingerprint density at radius 1 is 1.32 bits per heavy atom. The van der Waals surface area contributed by atoms with Crippen LogP contribution in [0.25, 0.3) is 0 Å². The quantitative estimate of drug-likeness (QED) is 0.881. The molecule has 0 bridgehead atoms. The van der Waals surface area contributed by atoms with Crippen LogP contribution < -0.4 is 10.6 Å². The summed E-state index contributed by atoms with van der Waals surface area (Å²) in [4.78, 5) is 6.66. The number of aromatic nitrogens is 1. The molecule has 1 saturated heterocycles. The number of nitrogens with zero attached hydrogens (tertiary/aromatic N) is 2. The standard InChI is InChI=1S/C13H21N3O2S/c1-2-3-12-8-11(10-14)9-13(15-12)16-4-6-19(17,18)7-5-16/h8-9H,2-7,10,14H2,1H3. The molecule has 5 nitrogen and oxygen atoms in total. The van der Waals surface area contributed by atoms with E-state index in [1.54, 1.807) is 0 Å². The molecule has 0 atom stereocenters. The molecule has 0 unspecified atom stereocenters. The summed E-state index contributed by atoms with van der Waals surface area (Å²) in [5.74, 6) is 1.29. The lowest BCUT2D eigenvalue weighted by Crippen LogP contribution is -2.40. The Kier molecular flexibility index (Phi) is 4.42. The van der Waals surface area contributed by atoms with E-state index >= 15 is 0 Å². The largest absolute Gasteiger partial charge is 0.355 e. The number of hydrogen-bond acceptors (Lipinski definition) is 5. The van der Waals surface area contributed by atoms with Crippen molar-refractivity contribution in [2.75, 3.05) is 29.5 Å². The monoisotopic (exact) mass is 283 g/mol. The lowest BCUT2D eigenvalue weighted by molar-refractivity contribution is 0.586.